The fraction of sp³-hybridized carbons (Fsp3) is 0.857. The largest absolute Gasteiger partial charge is 0.303 e. The molecule has 0 radical (unpaired) electrons. The van der Waals surface area contributed by atoms with Crippen molar-refractivity contribution in [2.24, 2.45) is 22.7 Å². The fourth-order valence-electron chi connectivity index (χ4n) is 3.36. The molecule has 0 N–H and O–H groups in total. The third-order valence-corrected chi connectivity index (χ3v) is 5.14. The number of hydrogen-bond acceptors (Lipinski definition) is 2. The van der Waals surface area contributed by atoms with Gasteiger partial charge in [-0.3, -0.25) is 0 Å². The van der Waals surface area contributed by atoms with Gasteiger partial charge in [0.1, 0.15) is 12.6 Å². The van der Waals surface area contributed by atoms with Gasteiger partial charge in [0, 0.05) is 12.8 Å². The van der Waals surface area contributed by atoms with Crippen molar-refractivity contribution in [3.63, 3.8) is 0 Å². The number of aldehydes is 2. The molecule has 1 rings (SSSR count). The van der Waals surface area contributed by atoms with E-state index in [1.54, 1.807) is 0 Å². The molecule has 1 fully saturated rings. The maximum absolute atomic E-state index is 10.9. The van der Waals surface area contributed by atoms with Crippen LogP contribution in [-0.2, 0) is 9.59 Å². The molecule has 0 heterocycles. The van der Waals surface area contributed by atoms with E-state index in [4.69, 9.17) is 0 Å². The van der Waals surface area contributed by atoms with Crippen LogP contribution in [0.4, 0.5) is 0 Å². The lowest BCUT2D eigenvalue weighted by molar-refractivity contribution is -0.120. The second-order valence-corrected chi connectivity index (χ2v) is 6.22. The molecule has 2 nitrogen and oxygen atoms in total. The molecule has 0 saturated heterocycles. The summed E-state index contributed by atoms with van der Waals surface area (Å²) < 4.78 is 0. The normalized spacial score (nSPS) is 38.0. The van der Waals surface area contributed by atoms with E-state index >= 15 is 0 Å². The van der Waals surface area contributed by atoms with Gasteiger partial charge in [0.15, 0.2) is 0 Å². The Morgan fingerprint density at radius 1 is 1.19 bits per heavy atom. The first-order valence-corrected chi connectivity index (χ1v) is 6.25. The maximum Gasteiger partial charge on any atom is 0.120 e. The summed E-state index contributed by atoms with van der Waals surface area (Å²) in [6, 6.07) is 0. The topological polar surface area (TPSA) is 34.1 Å². The highest BCUT2D eigenvalue weighted by molar-refractivity contribution is 5.53. The Morgan fingerprint density at radius 2 is 1.81 bits per heavy atom. The standard InChI is InChI=1S/C14H24O2/c1-11-13(2,3)7-5-12(6-9-15)14(11,4)8-10-16/h9-12H,5-8H2,1-4H3/t11-,12?,14+/m0/s1. The van der Waals surface area contributed by atoms with Gasteiger partial charge in [0.2, 0.25) is 0 Å². The maximum atomic E-state index is 10.9. The summed E-state index contributed by atoms with van der Waals surface area (Å²) in [5, 5.41) is 0. The van der Waals surface area contributed by atoms with Gasteiger partial charge < -0.3 is 9.59 Å². The molecule has 2 heteroatoms. The predicted molar refractivity (Wildman–Crippen MR) is 65.1 cm³/mol. The molecule has 0 aromatic carbocycles. The van der Waals surface area contributed by atoms with E-state index in [0.29, 0.717) is 24.7 Å². The molecular formula is C14H24O2. The van der Waals surface area contributed by atoms with E-state index < -0.39 is 0 Å². The van der Waals surface area contributed by atoms with Gasteiger partial charge in [0.25, 0.3) is 0 Å². The molecule has 1 aliphatic rings. The van der Waals surface area contributed by atoms with Crippen LogP contribution in [0.3, 0.4) is 0 Å². The van der Waals surface area contributed by atoms with Gasteiger partial charge in [-0.05, 0) is 35.5 Å². The van der Waals surface area contributed by atoms with Gasteiger partial charge in [-0.1, -0.05) is 27.7 Å². The van der Waals surface area contributed by atoms with Crippen LogP contribution in [0.5, 0.6) is 0 Å². The molecule has 0 bridgehead atoms. The molecule has 0 aromatic rings. The molecule has 0 spiro atoms. The Bertz CT molecular complexity index is 270. The second-order valence-electron chi connectivity index (χ2n) is 6.22. The first kappa shape index (κ1) is 13.4. The van der Waals surface area contributed by atoms with Crippen LogP contribution in [0.2, 0.25) is 0 Å². The van der Waals surface area contributed by atoms with Crippen molar-refractivity contribution in [3.05, 3.63) is 0 Å². The minimum absolute atomic E-state index is 0.00951. The lowest BCUT2D eigenvalue weighted by atomic mass is 9.51. The van der Waals surface area contributed by atoms with Gasteiger partial charge >= 0.3 is 0 Å². The van der Waals surface area contributed by atoms with E-state index in [0.717, 1.165) is 25.4 Å². The van der Waals surface area contributed by atoms with Crippen molar-refractivity contribution in [3.8, 4) is 0 Å². The molecule has 92 valence electrons. The average Bonchev–Trinajstić information content (AvgIpc) is 2.21. The van der Waals surface area contributed by atoms with Crippen LogP contribution in [0.15, 0.2) is 0 Å². The van der Waals surface area contributed by atoms with Crippen molar-refractivity contribution in [2.45, 2.75) is 53.4 Å². The molecule has 3 atom stereocenters. The molecule has 0 aliphatic heterocycles. The monoisotopic (exact) mass is 224 g/mol. The Morgan fingerprint density at radius 3 is 2.31 bits per heavy atom. The zero-order valence-corrected chi connectivity index (χ0v) is 11.0. The zero-order chi connectivity index (χ0) is 12.4. The van der Waals surface area contributed by atoms with Crippen molar-refractivity contribution < 1.29 is 9.59 Å². The highest BCUT2D eigenvalue weighted by atomic mass is 16.1. The van der Waals surface area contributed by atoms with E-state index in [-0.39, 0.29) is 10.8 Å². The van der Waals surface area contributed by atoms with Crippen LogP contribution in [0.25, 0.3) is 0 Å². The summed E-state index contributed by atoms with van der Waals surface area (Å²) in [4.78, 5) is 21.6. The molecular weight excluding hydrogens is 200 g/mol. The first-order chi connectivity index (χ1) is 7.38. The van der Waals surface area contributed by atoms with Crippen LogP contribution < -0.4 is 0 Å². The molecule has 1 saturated carbocycles. The van der Waals surface area contributed by atoms with E-state index in [1.165, 1.54) is 0 Å². The number of hydrogen-bond donors (Lipinski definition) is 0. The molecule has 0 amide bonds. The van der Waals surface area contributed by atoms with Crippen LogP contribution in [0, 0.1) is 22.7 Å². The molecule has 0 aromatic heterocycles. The lowest BCUT2D eigenvalue weighted by Gasteiger charge is -2.53. The number of carbonyl (C=O) groups excluding carboxylic acids is 2. The second kappa shape index (κ2) is 4.68. The van der Waals surface area contributed by atoms with E-state index in [9.17, 15) is 9.59 Å². The van der Waals surface area contributed by atoms with Crippen molar-refractivity contribution in [1.82, 2.24) is 0 Å². The van der Waals surface area contributed by atoms with Gasteiger partial charge in [-0.25, -0.2) is 0 Å². The lowest BCUT2D eigenvalue weighted by Crippen LogP contribution is -2.46. The quantitative estimate of drug-likeness (QED) is 0.687. The third kappa shape index (κ3) is 2.21. The zero-order valence-electron chi connectivity index (χ0n) is 11.0. The first-order valence-electron chi connectivity index (χ1n) is 6.25. The smallest absolute Gasteiger partial charge is 0.120 e. The van der Waals surface area contributed by atoms with E-state index in [2.05, 4.69) is 27.7 Å². The van der Waals surface area contributed by atoms with Crippen LogP contribution in [0.1, 0.15) is 53.4 Å². The minimum atomic E-state index is -0.00951. The SMILES string of the molecule is C[C@H]1C(C)(C)CCC(CC=O)[C@]1(C)CC=O. The molecule has 16 heavy (non-hydrogen) atoms. The number of carbonyl (C=O) groups is 2. The fourth-order valence-corrected chi connectivity index (χ4v) is 3.36. The summed E-state index contributed by atoms with van der Waals surface area (Å²) in [7, 11) is 0. The molecule has 1 aliphatic carbocycles. The highest BCUT2D eigenvalue weighted by Gasteiger charge is 2.48. The summed E-state index contributed by atoms with van der Waals surface area (Å²) in [6.45, 7) is 8.97. The average molecular weight is 224 g/mol. The predicted octanol–water partition coefficient (Wildman–Crippen LogP) is 3.24. The van der Waals surface area contributed by atoms with Crippen molar-refractivity contribution in [2.75, 3.05) is 0 Å². The Kier molecular flexibility index (Phi) is 3.92. The van der Waals surface area contributed by atoms with Crippen LogP contribution in [-0.4, -0.2) is 12.6 Å². The summed E-state index contributed by atoms with van der Waals surface area (Å²) in [5.74, 6) is 0.849. The Balaban J connectivity index is 2.98. The third-order valence-electron chi connectivity index (χ3n) is 5.14. The van der Waals surface area contributed by atoms with E-state index in [1.807, 2.05) is 0 Å². The highest BCUT2D eigenvalue weighted by Crippen LogP contribution is 2.55. The summed E-state index contributed by atoms with van der Waals surface area (Å²) >= 11 is 0. The Hall–Kier alpha value is -0.660. The molecule has 1 unspecified atom stereocenters. The Labute approximate surface area is 98.8 Å². The number of rotatable bonds is 4. The van der Waals surface area contributed by atoms with Gasteiger partial charge in [-0.2, -0.15) is 0 Å². The summed E-state index contributed by atoms with van der Waals surface area (Å²) in [6.07, 6.45) is 5.44. The summed E-state index contributed by atoms with van der Waals surface area (Å²) in [5.41, 5.74) is 0.265. The van der Waals surface area contributed by atoms with Crippen molar-refractivity contribution in [1.29, 1.82) is 0 Å². The van der Waals surface area contributed by atoms with Gasteiger partial charge in [0.05, 0.1) is 0 Å². The van der Waals surface area contributed by atoms with Crippen LogP contribution >= 0.6 is 0 Å². The van der Waals surface area contributed by atoms with Crippen molar-refractivity contribution >= 4 is 12.6 Å². The minimum Gasteiger partial charge on any atom is -0.303 e. The van der Waals surface area contributed by atoms with Gasteiger partial charge in [-0.15, -0.1) is 0 Å².